The summed E-state index contributed by atoms with van der Waals surface area (Å²) in [6.07, 6.45) is -0.205. The number of H-pyrrole nitrogens is 1. The Labute approximate surface area is 112 Å². The lowest BCUT2D eigenvalue weighted by atomic mass is 10.1. The van der Waals surface area contributed by atoms with Crippen molar-refractivity contribution in [2.45, 2.75) is 6.10 Å². The predicted octanol–water partition coefficient (Wildman–Crippen LogP) is 1.43. The van der Waals surface area contributed by atoms with E-state index in [4.69, 9.17) is 4.42 Å². The highest BCUT2D eigenvalue weighted by molar-refractivity contribution is 5.98. The third-order valence-electron chi connectivity index (χ3n) is 2.89. The van der Waals surface area contributed by atoms with E-state index in [0.717, 1.165) is 0 Å². The number of furan rings is 1. The molecular formula is C14H10N2O4. The summed E-state index contributed by atoms with van der Waals surface area (Å²) in [6, 6.07) is 9.84. The largest absolute Gasteiger partial charge is 0.466 e. The van der Waals surface area contributed by atoms with Crippen molar-refractivity contribution in [1.82, 2.24) is 9.97 Å². The lowest BCUT2D eigenvalue weighted by Crippen LogP contribution is -2.24. The summed E-state index contributed by atoms with van der Waals surface area (Å²) in [4.78, 5) is 30.6. The molecule has 3 aromatic rings. The average molecular weight is 270 g/mol. The molecule has 0 spiro atoms. The molecule has 3 rings (SSSR count). The van der Waals surface area contributed by atoms with Crippen molar-refractivity contribution in [3.05, 3.63) is 64.5 Å². The number of carbonyl (C=O) groups is 1. The van der Waals surface area contributed by atoms with Crippen LogP contribution in [0.25, 0.3) is 11.0 Å². The summed E-state index contributed by atoms with van der Waals surface area (Å²) in [7, 11) is 0. The van der Waals surface area contributed by atoms with Crippen LogP contribution >= 0.6 is 0 Å². The van der Waals surface area contributed by atoms with E-state index in [0.29, 0.717) is 11.0 Å². The summed E-state index contributed by atoms with van der Waals surface area (Å²) < 4.78 is 4.95. The number of nitrogens with one attached hydrogen (secondary N) is 1. The van der Waals surface area contributed by atoms with Crippen molar-refractivity contribution >= 4 is 16.8 Å². The minimum atomic E-state index is -1.54. The van der Waals surface area contributed by atoms with E-state index in [1.807, 2.05) is 0 Å². The molecule has 0 aliphatic carbocycles. The fraction of sp³-hybridized carbons (Fsp3) is 0.0714. The number of nitrogens with zero attached hydrogens (tertiary/aromatic N) is 1. The number of para-hydroxylation sites is 2. The maximum Gasteiger partial charge on any atom is 0.278 e. The third kappa shape index (κ3) is 2.02. The fourth-order valence-corrected chi connectivity index (χ4v) is 1.90. The molecule has 0 unspecified atom stereocenters. The first-order valence-electron chi connectivity index (χ1n) is 5.91. The van der Waals surface area contributed by atoms with Crippen LogP contribution in [0.4, 0.5) is 0 Å². The zero-order valence-corrected chi connectivity index (χ0v) is 10.2. The molecule has 2 N–H and O–H groups in total. The number of fused-ring (bicyclic) bond motifs is 1. The van der Waals surface area contributed by atoms with Gasteiger partial charge in [0.05, 0.1) is 17.3 Å². The van der Waals surface area contributed by atoms with Crippen molar-refractivity contribution in [3.63, 3.8) is 0 Å². The van der Waals surface area contributed by atoms with E-state index >= 15 is 0 Å². The minimum Gasteiger partial charge on any atom is -0.466 e. The smallest absolute Gasteiger partial charge is 0.278 e. The molecule has 0 aliphatic heterocycles. The van der Waals surface area contributed by atoms with Gasteiger partial charge < -0.3 is 14.5 Å². The molecule has 6 nitrogen and oxygen atoms in total. The predicted molar refractivity (Wildman–Crippen MR) is 70.4 cm³/mol. The minimum absolute atomic E-state index is 0.0735. The monoisotopic (exact) mass is 270 g/mol. The van der Waals surface area contributed by atoms with E-state index in [-0.39, 0.29) is 11.5 Å². The Bertz CT molecular complexity index is 821. The Morgan fingerprint density at radius 3 is 2.80 bits per heavy atom. The Morgan fingerprint density at radius 1 is 1.25 bits per heavy atom. The number of aromatic amines is 1. The number of hydrogen-bond donors (Lipinski definition) is 2. The Kier molecular flexibility index (Phi) is 2.92. The van der Waals surface area contributed by atoms with E-state index in [1.165, 1.54) is 12.3 Å². The quantitative estimate of drug-likeness (QED) is 0.702. The van der Waals surface area contributed by atoms with Crippen molar-refractivity contribution < 1.29 is 14.3 Å². The topological polar surface area (TPSA) is 96.2 Å². The van der Waals surface area contributed by atoms with Crippen LogP contribution in [0.15, 0.2) is 51.9 Å². The molecule has 1 atom stereocenters. The molecular weight excluding hydrogens is 260 g/mol. The highest BCUT2D eigenvalue weighted by Gasteiger charge is 2.25. The van der Waals surface area contributed by atoms with Crippen LogP contribution in [0, 0.1) is 0 Å². The zero-order chi connectivity index (χ0) is 14.1. The van der Waals surface area contributed by atoms with E-state index in [9.17, 15) is 14.7 Å². The maximum absolute atomic E-state index is 12.1. The van der Waals surface area contributed by atoms with Crippen LogP contribution in [0.2, 0.25) is 0 Å². The number of aliphatic hydroxyl groups is 1. The van der Waals surface area contributed by atoms with Gasteiger partial charge in [-0.2, -0.15) is 0 Å². The number of aliphatic hydroxyl groups excluding tert-OH is 1. The molecule has 1 aromatic carbocycles. The van der Waals surface area contributed by atoms with Gasteiger partial charge in [-0.1, -0.05) is 12.1 Å². The van der Waals surface area contributed by atoms with Gasteiger partial charge in [0.2, 0.25) is 5.78 Å². The molecule has 2 aromatic heterocycles. The van der Waals surface area contributed by atoms with Crippen LogP contribution in [0.5, 0.6) is 0 Å². The van der Waals surface area contributed by atoms with Crippen LogP contribution in [-0.4, -0.2) is 20.9 Å². The molecule has 2 heterocycles. The van der Waals surface area contributed by atoms with Gasteiger partial charge in [-0.25, -0.2) is 4.98 Å². The SMILES string of the molecule is O=C(c1nc2ccccc2[nH]c1=O)[C@@H](O)c1ccco1. The Hall–Kier alpha value is -2.73. The van der Waals surface area contributed by atoms with Crippen LogP contribution in [-0.2, 0) is 0 Å². The average Bonchev–Trinajstić information content (AvgIpc) is 2.99. The molecule has 6 heteroatoms. The van der Waals surface area contributed by atoms with Crippen molar-refractivity contribution in [2.75, 3.05) is 0 Å². The number of ketones is 1. The molecule has 0 amide bonds. The van der Waals surface area contributed by atoms with Gasteiger partial charge in [-0.15, -0.1) is 0 Å². The van der Waals surface area contributed by atoms with Crippen molar-refractivity contribution in [3.8, 4) is 0 Å². The fourth-order valence-electron chi connectivity index (χ4n) is 1.90. The highest BCUT2D eigenvalue weighted by Crippen LogP contribution is 2.17. The molecule has 20 heavy (non-hydrogen) atoms. The van der Waals surface area contributed by atoms with Gasteiger partial charge in [0.15, 0.2) is 11.8 Å². The summed E-state index contributed by atoms with van der Waals surface area (Å²) in [5.41, 5.74) is 0.0236. The molecule has 0 fully saturated rings. The van der Waals surface area contributed by atoms with Crippen molar-refractivity contribution in [1.29, 1.82) is 0 Å². The normalized spacial score (nSPS) is 12.4. The molecule has 0 aliphatic rings. The van der Waals surface area contributed by atoms with Crippen LogP contribution in [0.3, 0.4) is 0 Å². The van der Waals surface area contributed by atoms with Crippen molar-refractivity contribution in [2.24, 2.45) is 0 Å². The lowest BCUT2D eigenvalue weighted by Gasteiger charge is -2.06. The second-order valence-electron chi connectivity index (χ2n) is 4.21. The molecule has 0 saturated carbocycles. The van der Waals surface area contributed by atoms with Gasteiger partial charge >= 0.3 is 0 Å². The summed E-state index contributed by atoms with van der Waals surface area (Å²) in [5.74, 6) is -0.726. The zero-order valence-electron chi connectivity index (χ0n) is 10.2. The first-order valence-corrected chi connectivity index (χ1v) is 5.91. The standard InChI is InChI=1S/C14H10N2O4/c17-12(10-6-3-7-20-10)13(18)11-14(19)16-9-5-2-1-4-8(9)15-11/h1-7,12,17H,(H,16,19)/t12-/m0/s1. The third-order valence-corrected chi connectivity index (χ3v) is 2.89. The van der Waals surface area contributed by atoms with Crippen LogP contribution < -0.4 is 5.56 Å². The number of aromatic nitrogens is 2. The van der Waals surface area contributed by atoms with Gasteiger partial charge in [0.1, 0.15) is 5.76 Å². The first-order chi connectivity index (χ1) is 9.66. The summed E-state index contributed by atoms with van der Waals surface area (Å²) in [5, 5.41) is 9.89. The number of carbonyl (C=O) groups excluding carboxylic acids is 1. The van der Waals surface area contributed by atoms with Gasteiger partial charge in [-0.3, -0.25) is 9.59 Å². The number of Topliss-reactive ketones (excluding diaryl/α,β-unsaturated/α-hetero) is 1. The van der Waals surface area contributed by atoms with Gasteiger partial charge in [-0.05, 0) is 24.3 Å². The lowest BCUT2D eigenvalue weighted by molar-refractivity contribution is 0.0696. The molecule has 0 radical (unpaired) electrons. The van der Waals surface area contributed by atoms with E-state index in [2.05, 4.69) is 9.97 Å². The maximum atomic E-state index is 12.1. The molecule has 0 bridgehead atoms. The van der Waals surface area contributed by atoms with E-state index < -0.39 is 17.4 Å². The molecule has 0 saturated heterocycles. The van der Waals surface area contributed by atoms with Crippen LogP contribution in [0.1, 0.15) is 22.4 Å². The van der Waals surface area contributed by atoms with Gasteiger partial charge in [0.25, 0.3) is 5.56 Å². The number of rotatable bonds is 3. The summed E-state index contributed by atoms with van der Waals surface area (Å²) in [6.45, 7) is 0. The first kappa shape index (κ1) is 12.3. The second-order valence-corrected chi connectivity index (χ2v) is 4.21. The molecule has 100 valence electrons. The number of hydrogen-bond acceptors (Lipinski definition) is 5. The summed E-state index contributed by atoms with van der Waals surface area (Å²) >= 11 is 0. The highest BCUT2D eigenvalue weighted by atomic mass is 16.4. The Morgan fingerprint density at radius 2 is 2.05 bits per heavy atom. The Balaban J connectivity index is 2.07. The van der Waals surface area contributed by atoms with E-state index in [1.54, 1.807) is 30.3 Å². The second kappa shape index (κ2) is 4.75. The number of benzene rings is 1. The van der Waals surface area contributed by atoms with Gasteiger partial charge in [0, 0.05) is 0 Å².